The van der Waals surface area contributed by atoms with Crippen molar-refractivity contribution in [3.63, 3.8) is 0 Å². The van der Waals surface area contributed by atoms with Gasteiger partial charge in [-0.15, -0.1) is 0 Å². The molecule has 5 aromatic carbocycles. The van der Waals surface area contributed by atoms with Crippen molar-refractivity contribution in [2.24, 2.45) is 0 Å². The Morgan fingerprint density at radius 3 is 1.57 bits per heavy atom. The molecular weight excluding hydrogens is 336 g/mol. The van der Waals surface area contributed by atoms with E-state index in [1.807, 2.05) is 0 Å². The zero-order valence-corrected chi connectivity index (χ0v) is 15.5. The lowest BCUT2D eigenvalue weighted by Gasteiger charge is -2.14. The zero-order chi connectivity index (χ0) is 18.8. The number of hydrogen-bond donors (Lipinski definition) is 0. The Morgan fingerprint density at radius 2 is 0.857 bits per heavy atom. The van der Waals surface area contributed by atoms with Crippen LogP contribution >= 0.6 is 0 Å². The molecule has 0 spiro atoms. The third-order valence-corrected chi connectivity index (χ3v) is 5.29. The molecule has 0 fully saturated rings. The summed E-state index contributed by atoms with van der Waals surface area (Å²) in [6.07, 6.45) is 0. The van der Waals surface area contributed by atoms with Crippen LogP contribution in [0.2, 0.25) is 0 Å². The van der Waals surface area contributed by atoms with Crippen LogP contribution in [0.5, 0.6) is 0 Å². The van der Waals surface area contributed by atoms with Crippen molar-refractivity contribution in [3.05, 3.63) is 121 Å². The van der Waals surface area contributed by atoms with E-state index in [0.717, 1.165) is 0 Å². The number of fused-ring (bicyclic) bond motifs is 1. The zero-order valence-electron chi connectivity index (χ0n) is 15.5. The number of benzene rings is 5. The molecule has 5 aromatic rings. The Morgan fingerprint density at radius 1 is 0.321 bits per heavy atom. The van der Waals surface area contributed by atoms with Crippen LogP contribution in [0, 0.1) is 0 Å². The van der Waals surface area contributed by atoms with E-state index >= 15 is 0 Å². The maximum atomic E-state index is 2.25. The molecule has 5 rings (SSSR count). The fourth-order valence-corrected chi connectivity index (χ4v) is 3.90. The molecule has 0 saturated carbocycles. The topological polar surface area (TPSA) is 0 Å². The van der Waals surface area contributed by atoms with Crippen molar-refractivity contribution in [2.75, 3.05) is 0 Å². The van der Waals surface area contributed by atoms with Crippen LogP contribution in [-0.4, -0.2) is 0 Å². The molecule has 0 atom stereocenters. The van der Waals surface area contributed by atoms with E-state index in [2.05, 4.69) is 121 Å². The van der Waals surface area contributed by atoms with Crippen LogP contribution in [-0.2, 0) is 0 Å². The van der Waals surface area contributed by atoms with Gasteiger partial charge in [-0.3, -0.25) is 0 Å². The van der Waals surface area contributed by atoms with Crippen molar-refractivity contribution in [2.45, 2.75) is 0 Å². The third kappa shape index (κ3) is 3.00. The van der Waals surface area contributed by atoms with Crippen molar-refractivity contribution < 1.29 is 0 Å². The molecule has 0 N–H and O–H groups in total. The highest BCUT2D eigenvalue weighted by Crippen LogP contribution is 2.38. The summed E-state index contributed by atoms with van der Waals surface area (Å²) in [4.78, 5) is 0. The monoisotopic (exact) mass is 356 g/mol. The molecule has 0 bridgehead atoms. The summed E-state index contributed by atoms with van der Waals surface area (Å²) in [7, 11) is 0. The van der Waals surface area contributed by atoms with Gasteiger partial charge in [-0.2, -0.15) is 0 Å². The van der Waals surface area contributed by atoms with Crippen LogP contribution in [0.3, 0.4) is 0 Å². The molecular formula is C28H20. The van der Waals surface area contributed by atoms with Crippen LogP contribution in [0.1, 0.15) is 0 Å². The Balaban J connectivity index is 1.69. The summed E-state index contributed by atoms with van der Waals surface area (Å²) in [6.45, 7) is 0. The highest BCUT2D eigenvalue weighted by Gasteiger charge is 2.11. The highest BCUT2D eigenvalue weighted by atomic mass is 14.1. The minimum absolute atomic E-state index is 1.24. The lowest BCUT2D eigenvalue weighted by Crippen LogP contribution is -1.88. The first-order valence-corrected chi connectivity index (χ1v) is 9.63. The van der Waals surface area contributed by atoms with Gasteiger partial charge in [0.2, 0.25) is 0 Å². The SMILES string of the molecule is c1ccc(-c2ccc(-c3ccc4ccccc4c3-c3ccccc3)cc2)cc1. The normalized spacial score (nSPS) is 10.9. The lowest BCUT2D eigenvalue weighted by atomic mass is 9.89. The average molecular weight is 356 g/mol. The maximum absolute atomic E-state index is 2.25. The molecule has 0 unspecified atom stereocenters. The highest BCUT2D eigenvalue weighted by molar-refractivity contribution is 6.04. The van der Waals surface area contributed by atoms with E-state index in [1.165, 1.54) is 44.2 Å². The molecule has 132 valence electrons. The van der Waals surface area contributed by atoms with Gasteiger partial charge in [-0.05, 0) is 44.2 Å². The number of rotatable bonds is 3. The van der Waals surface area contributed by atoms with E-state index in [-0.39, 0.29) is 0 Å². The van der Waals surface area contributed by atoms with Gasteiger partial charge in [0.25, 0.3) is 0 Å². The molecule has 0 heteroatoms. The second kappa shape index (κ2) is 7.17. The molecule has 0 aliphatic carbocycles. The Labute approximate surface area is 165 Å². The molecule has 0 aliphatic heterocycles. The molecule has 0 aliphatic rings. The fourth-order valence-electron chi connectivity index (χ4n) is 3.90. The minimum atomic E-state index is 1.24. The maximum Gasteiger partial charge on any atom is -0.00268 e. The van der Waals surface area contributed by atoms with E-state index < -0.39 is 0 Å². The summed E-state index contributed by atoms with van der Waals surface area (Å²) in [6, 6.07) is 43.2. The molecule has 0 radical (unpaired) electrons. The van der Waals surface area contributed by atoms with Crippen molar-refractivity contribution in [1.29, 1.82) is 0 Å². The standard InChI is InChI=1S/C28H20/c1-3-9-21(10-4-1)22-15-17-24(18-16-22)27-20-19-23-11-7-8-14-26(23)28(27)25-12-5-2-6-13-25/h1-20H. The van der Waals surface area contributed by atoms with Gasteiger partial charge in [0, 0.05) is 0 Å². The Hall–Kier alpha value is -3.64. The summed E-state index contributed by atoms with van der Waals surface area (Å²) < 4.78 is 0. The molecule has 0 nitrogen and oxygen atoms in total. The van der Waals surface area contributed by atoms with E-state index in [0.29, 0.717) is 0 Å². The summed E-state index contributed by atoms with van der Waals surface area (Å²) in [5, 5.41) is 2.56. The van der Waals surface area contributed by atoms with Gasteiger partial charge < -0.3 is 0 Å². The molecule has 0 amide bonds. The van der Waals surface area contributed by atoms with Crippen LogP contribution in [0.15, 0.2) is 121 Å². The van der Waals surface area contributed by atoms with Crippen LogP contribution < -0.4 is 0 Å². The van der Waals surface area contributed by atoms with E-state index in [1.54, 1.807) is 0 Å². The second-order valence-corrected chi connectivity index (χ2v) is 7.02. The van der Waals surface area contributed by atoms with E-state index in [4.69, 9.17) is 0 Å². The summed E-state index contributed by atoms with van der Waals surface area (Å²) >= 11 is 0. The first kappa shape index (κ1) is 16.5. The lowest BCUT2D eigenvalue weighted by molar-refractivity contribution is 1.59. The first-order valence-electron chi connectivity index (χ1n) is 9.63. The summed E-state index contributed by atoms with van der Waals surface area (Å²) in [5.74, 6) is 0. The number of hydrogen-bond acceptors (Lipinski definition) is 0. The second-order valence-electron chi connectivity index (χ2n) is 7.02. The minimum Gasteiger partial charge on any atom is -0.0622 e. The van der Waals surface area contributed by atoms with Gasteiger partial charge in [-0.25, -0.2) is 0 Å². The molecule has 0 heterocycles. The van der Waals surface area contributed by atoms with Gasteiger partial charge in [0.15, 0.2) is 0 Å². The smallest absolute Gasteiger partial charge is 0.00268 e. The summed E-state index contributed by atoms with van der Waals surface area (Å²) in [5.41, 5.74) is 7.55. The molecule has 28 heavy (non-hydrogen) atoms. The predicted molar refractivity (Wildman–Crippen MR) is 120 cm³/mol. The molecule has 0 aromatic heterocycles. The largest absolute Gasteiger partial charge is 0.0622 e. The quantitative estimate of drug-likeness (QED) is 0.309. The van der Waals surface area contributed by atoms with Crippen LogP contribution in [0.4, 0.5) is 0 Å². The van der Waals surface area contributed by atoms with Gasteiger partial charge in [0.05, 0.1) is 0 Å². The van der Waals surface area contributed by atoms with Crippen LogP contribution in [0.25, 0.3) is 44.2 Å². The third-order valence-electron chi connectivity index (χ3n) is 5.29. The van der Waals surface area contributed by atoms with Crippen molar-refractivity contribution in [3.8, 4) is 33.4 Å². The van der Waals surface area contributed by atoms with Gasteiger partial charge in [-0.1, -0.05) is 121 Å². The van der Waals surface area contributed by atoms with Crippen molar-refractivity contribution in [1.82, 2.24) is 0 Å². The fraction of sp³-hybridized carbons (Fsp3) is 0. The van der Waals surface area contributed by atoms with Gasteiger partial charge in [0.1, 0.15) is 0 Å². The Bertz CT molecular complexity index is 1220. The predicted octanol–water partition coefficient (Wildman–Crippen LogP) is 7.84. The first-order chi connectivity index (χ1) is 13.9. The molecule has 0 saturated heterocycles. The van der Waals surface area contributed by atoms with E-state index in [9.17, 15) is 0 Å². The van der Waals surface area contributed by atoms with Crippen molar-refractivity contribution >= 4 is 10.8 Å². The average Bonchev–Trinajstić information content (AvgIpc) is 2.79. The Kier molecular flexibility index (Phi) is 4.23. The van der Waals surface area contributed by atoms with Gasteiger partial charge >= 0.3 is 0 Å².